The molecule has 3 atom stereocenters. The van der Waals surface area contributed by atoms with Crippen LogP contribution in [0.5, 0.6) is 0 Å². The van der Waals surface area contributed by atoms with Crippen molar-refractivity contribution < 1.29 is 24.2 Å². The number of carboxylic acid groups (broad SMARTS) is 1. The highest BCUT2D eigenvalue weighted by atomic mass is 16.5. The lowest BCUT2D eigenvalue weighted by Crippen LogP contribution is -2.44. The van der Waals surface area contributed by atoms with Crippen LogP contribution in [-0.2, 0) is 14.3 Å². The van der Waals surface area contributed by atoms with Gasteiger partial charge in [-0.3, -0.25) is 4.79 Å². The van der Waals surface area contributed by atoms with Gasteiger partial charge in [0.15, 0.2) is 6.10 Å². The van der Waals surface area contributed by atoms with Crippen molar-refractivity contribution in [2.45, 2.75) is 30.9 Å². The summed E-state index contributed by atoms with van der Waals surface area (Å²) in [5, 5.41) is 11.8. The Morgan fingerprint density at radius 2 is 2.09 bits per heavy atom. The number of amides is 1. The van der Waals surface area contributed by atoms with E-state index >= 15 is 0 Å². The zero-order valence-electron chi connectivity index (χ0n) is 12.2. The predicted molar refractivity (Wildman–Crippen MR) is 77.9 cm³/mol. The fourth-order valence-electron chi connectivity index (χ4n) is 2.96. The second-order valence-corrected chi connectivity index (χ2v) is 5.68. The lowest BCUT2D eigenvalue weighted by atomic mass is 9.96. The van der Waals surface area contributed by atoms with Crippen LogP contribution >= 0.6 is 0 Å². The molecular formula is C16H19NO5. The van der Waals surface area contributed by atoms with Gasteiger partial charge in [-0.25, -0.2) is 4.79 Å². The third-order valence-corrected chi connectivity index (χ3v) is 4.20. The summed E-state index contributed by atoms with van der Waals surface area (Å²) in [7, 11) is 0. The van der Waals surface area contributed by atoms with Crippen LogP contribution in [0, 0.1) is 0 Å². The number of carbonyl (C=O) groups excluding carboxylic acids is 1. The zero-order valence-corrected chi connectivity index (χ0v) is 12.2. The average molecular weight is 305 g/mol. The molecule has 1 amide bonds. The van der Waals surface area contributed by atoms with Gasteiger partial charge >= 0.3 is 5.97 Å². The highest BCUT2D eigenvalue weighted by molar-refractivity contribution is 5.95. The summed E-state index contributed by atoms with van der Waals surface area (Å²) in [4.78, 5) is 23.4. The molecule has 2 heterocycles. The highest BCUT2D eigenvalue weighted by Gasteiger charge is 2.35. The Labute approximate surface area is 128 Å². The molecule has 1 aromatic carbocycles. The Morgan fingerprint density at radius 3 is 2.82 bits per heavy atom. The number of ether oxygens (including phenoxy) is 2. The van der Waals surface area contributed by atoms with E-state index in [4.69, 9.17) is 14.6 Å². The summed E-state index contributed by atoms with van der Waals surface area (Å²) in [5.41, 5.74) is 1.63. The van der Waals surface area contributed by atoms with Gasteiger partial charge in [0.2, 0.25) is 0 Å². The van der Waals surface area contributed by atoms with Crippen LogP contribution in [0.4, 0.5) is 0 Å². The number of carboxylic acids is 1. The van der Waals surface area contributed by atoms with Gasteiger partial charge in [0.1, 0.15) is 0 Å². The second kappa shape index (κ2) is 6.46. The van der Waals surface area contributed by atoms with Gasteiger partial charge in [0.25, 0.3) is 5.91 Å². The van der Waals surface area contributed by atoms with Gasteiger partial charge in [-0.05, 0) is 30.5 Å². The Morgan fingerprint density at radius 1 is 1.23 bits per heavy atom. The molecule has 1 aromatic rings. The molecule has 22 heavy (non-hydrogen) atoms. The first-order valence-corrected chi connectivity index (χ1v) is 7.48. The summed E-state index contributed by atoms with van der Waals surface area (Å²) < 4.78 is 10.5. The topological polar surface area (TPSA) is 84.9 Å². The van der Waals surface area contributed by atoms with Gasteiger partial charge in [0.05, 0.1) is 12.6 Å². The molecule has 0 aromatic heterocycles. The van der Waals surface area contributed by atoms with E-state index < -0.39 is 18.1 Å². The number of hydrogen-bond acceptors (Lipinski definition) is 4. The predicted octanol–water partition coefficient (Wildman–Crippen LogP) is 1.16. The molecule has 1 unspecified atom stereocenters. The van der Waals surface area contributed by atoms with Gasteiger partial charge in [-0.15, -0.1) is 0 Å². The van der Waals surface area contributed by atoms with Crippen LogP contribution in [0.1, 0.15) is 34.7 Å². The number of nitrogens with one attached hydrogen (secondary N) is 1. The molecule has 0 bridgehead atoms. The van der Waals surface area contributed by atoms with Crippen molar-refractivity contribution in [2.24, 2.45) is 0 Å². The van der Waals surface area contributed by atoms with Crippen molar-refractivity contribution in [3.8, 4) is 0 Å². The first-order chi connectivity index (χ1) is 10.6. The SMILES string of the molecule is O=C(N[C@H]1CCO[C@H]1C(=O)O)c1cccc(C2CCOC2)c1. The zero-order chi connectivity index (χ0) is 15.5. The van der Waals surface area contributed by atoms with E-state index in [1.54, 1.807) is 6.07 Å². The van der Waals surface area contributed by atoms with Gasteiger partial charge in [-0.1, -0.05) is 12.1 Å². The molecule has 0 aliphatic carbocycles. The summed E-state index contributed by atoms with van der Waals surface area (Å²) in [6.07, 6.45) is 0.511. The van der Waals surface area contributed by atoms with Crippen LogP contribution in [-0.4, -0.2) is 48.9 Å². The molecular weight excluding hydrogens is 286 g/mol. The Bertz CT molecular complexity index is 567. The summed E-state index contributed by atoms with van der Waals surface area (Å²) in [5.74, 6) is -0.975. The number of carbonyl (C=O) groups is 2. The minimum absolute atomic E-state index is 0.262. The minimum atomic E-state index is -1.04. The largest absolute Gasteiger partial charge is 0.479 e. The fourth-order valence-corrected chi connectivity index (χ4v) is 2.96. The van der Waals surface area contributed by atoms with E-state index in [-0.39, 0.29) is 5.91 Å². The molecule has 6 heteroatoms. The lowest BCUT2D eigenvalue weighted by Gasteiger charge is -2.17. The van der Waals surface area contributed by atoms with Gasteiger partial charge in [0, 0.05) is 24.7 Å². The molecule has 2 N–H and O–H groups in total. The molecule has 2 fully saturated rings. The van der Waals surface area contributed by atoms with E-state index in [2.05, 4.69) is 5.32 Å². The van der Waals surface area contributed by atoms with Crippen LogP contribution in [0.15, 0.2) is 24.3 Å². The summed E-state index contributed by atoms with van der Waals surface area (Å²) in [6.45, 7) is 1.78. The Hall–Kier alpha value is -1.92. The van der Waals surface area contributed by atoms with Gasteiger partial charge < -0.3 is 19.9 Å². The molecule has 2 saturated heterocycles. The van der Waals surface area contributed by atoms with Crippen molar-refractivity contribution in [1.82, 2.24) is 5.32 Å². The molecule has 3 rings (SSSR count). The van der Waals surface area contributed by atoms with Crippen LogP contribution in [0.2, 0.25) is 0 Å². The van der Waals surface area contributed by atoms with Crippen molar-refractivity contribution in [1.29, 1.82) is 0 Å². The first kappa shape index (κ1) is 15.0. The maximum absolute atomic E-state index is 12.3. The van der Waals surface area contributed by atoms with E-state index in [1.165, 1.54) is 0 Å². The first-order valence-electron chi connectivity index (χ1n) is 7.48. The number of rotatable bonds is 4. The normalized spacial score (nSPS) is 27.7. The smallest absolute Gasteiger partial charge is 0.334 e. The average Bonchev–Trinajstić information content (AvgIpc) is 3.18. The van der Waals surface area contributed by atoms with Crippen molar-refractivity contribution >= 4 is 11.9 Å². The van der Waals surface area contributed by atoms with E-state index in [0.29, 0.717) is 31.1 Å². The Balaban J connectivity index is 1.69. The number of benzene rings is 1. The molecule has 118 valence electrons. The third-order valence-electron chi connectivity index (χ3n) is 4.20. The van der Waals surface area contributed by atoms with Gasteiger partial charge in [-0.2, -0.15) is 0 Å². The van der Waals surface area contributed by atoms with Crippen molar-refractivity contribution in [3.05, 3.63) is 35.4 Å². The monoisotopic (exact) mass is 305 g/mol. The second-order valence-electron chi connectivity index (χ2n) is 5.68. The van der Waals surface area contributed by atoms with E-state index in [9.17, 15) is 9.59 Å². The lowest BCUT2D eigenvalue weighted by molar-refractivity contribution is -0.148. The maximum atomic E-state index is 12.3. The minimum Gasteiger partial charge on any atom is -0.479 e. The molecule has 0 saturated carbocycles. The maximum Gasteiger partial charge on any atom is 0.334 e. The van der Waals surface area contributed by atoms with Crippen LogP contribution in [0.3, 0.4) is 0 Å². The summed E-state index contributed by atoms with van der Waals surface area (Å²) in [6, 6.07) is 6.96. The van der Waals surface area contributed by atoms with E-state index in [1.807, 2.05) is 18.2 Å². The van der Waals surface area contributed by atoms with Crippen molar-refractivity contribution in [3.63, 3.8) is 0 Å². The standard InChI is InChI=1S/C16H19NO5/c18-15(17-13-5-7-22-14(13)16(19)20)11-3-1-2-10(8-11)12-4-6-21-9-12/h1-3,8,12-14H,4-7,9H2,(H,17,18)(H,19,20)/t12?,13-,14+/m0/s1. The van der Waals surface area contributed by atoms with Crippen molar-refractivity contribution in [2.75, 3.05) is 19.8 Å². The van der Waals surface area contributed by atoms with Crippen LogP contribution in [0.25, 0.3) is 0 Å². The molecule has 2 aliphatic heterocycles. The molecule has 0 radical (unpaired) electrons. The summed E-state index contributed by atoms with van der Waals surface area (Å²) >= 11 is 0. The highest BCUT2D eigenvalue weighted by Crippen LogP contribution is 2.25. The fraction of sp³-hybridized carbons (Fsp3) is 0.500. The quantitative estimate of drug-likeness (QED) is 0.872. The van der Waals surface area contributed by atoms with E-state index in [0.717, 1.165) is 18.6 Å². The molecule has 6 nitrogen and oxygen atoms in total. The van der Waals surface area contributed by atoms with Crippen LogP contribution < -0.4 is 5.32 Å². The third kappa shape index (κ3) is 3.13. The number of hydrogen-bond donors (Lipinski definition) is 2. The number of aliphatic carboxylic acids is 1. The Kier molecular flexibility index (Phi) is 4.40. The molecule has 2 aliphatic rings. The molecule has 0 spiro atoms.